The van der Waals surface area contributed by atoms with Crippen molar-refractivity contribution in [3.63, 3.8) is 0 Å². The number of nitrogens with zero attached hydrogens (tertiary/aromatic N) is 4. The van der Waals surface area contributed by atoms with E-state index in [0.29, 0.717) is 6.54 Å². The highest BCUT2D eigenvalue weighted by Crippen LogP contribution is 2.32. The van der Waals surface area contributed by atoms with Gasteiger partial charge in [0.1, 0.15) is 11.6 Å². The van der Waals surface area contributed by atoms with Gasteiger partial charge in [-0.1, -0.05) is 36.8 Å². The van der Waals surface area contributed by atoms with Gasteiger partial charge in [-0.2, -0.15) is 0 Å². The van der Waals surface area contributed by atoms with Crippen LogP contribution in [0.25, 0.3) is 0 Å². The topological polar surface area (TPSA) is 61.4 Å². The second-order valence-corrected chi connectivity index (χ2v) is 8.08. The first-order valence-corrected chi connectivity index (χ1v) is 10.8. The molecule has 6 heteroatoms. The number of nitrogens with one attached hydrogen (secondary N) is 1. The number of hydrogen-bond donors (Lipinski definition) is 1. The van der Waals surface area contributed by atoms with E-state index in [9.17, 15) is 4.79 Å². The maximum atomic E-state index is 11.9. The van der Waals surface area contributed by atoms with Crippen LogP contribution in [0.3, 0.4) is 0 Å². The Labute approximate surface area is 173 Å². The molecule has 0 radical (unpaired) electrons. The quantitative estimate of drug-likeness (QED) is 0.845. The van der Waals surface area contributed by atoms with Gasteiger partial charge < -0.3 is 10.2 Å². The number of rotatable bonds is 5. The van der Waals surface area contributed by atoms with Gasteiger partial charge in [-0.15, -0.1) is 0 Å². The molecular weight excluding hydrogens is 362 g/mol. The van der Waals surface area contributed by atoms with Crippen LogP contribution in [0.1, 0.15) is 54.9 Å². The largest absolute Gasteiger partial charge is 0.373 e. The van der Waals surface area contributed by atoms with Crippen molar-refractivity contribution >= 4 is 11.7 Å². The van der Waals surface area contributed by atoms with Crippen molar-refractivity contribution in [1.29, 1.82) is 0 Å². The summed E-state index contributed by atoms with van der Waals surface area (Å²) in [5.41, 5.74) is 3.55. The predicted molar refractivity (Wildman–Crippen MR) is 115 cm³/mol. The molecule has 29 heavy (non-hydrogen) atoms. The van der Waals surface area contributed by atoms with Gasteiger partial charge in [-0.05, 0) is 37.8 Å². The maximum Gasteiger partial charge on any atom is 0.219 e. The summed E-state index contributed by atoms with van der Waals surface area (Å²) in [7, 11) is 1.93. The predicted octanol–water partition coefficient (Wildman–Crippen LogP) is 3.19. The van der Waals surface area contributed by atoms with Crippen molar-refractivity contribution in [2.24, 2.45) is 0 Å². The molecule has 1 aromatic heterocycles. The summed E-state index contributed by atoms with van der Waals surface area (Å²) in [6.07, 6.45) is 5.38. The third-order valence-electron chi connectivity index (χ3n) is 6.21. The summed E-state index contributed by atoms with van der Waals surface area (Å²) in [5, 5.41) is 3.28. The second-order valence-electron chi connectivity index (χ2n) is 8.08. The van der Waals surface area contributed by atoms with Gasteiger partial charge in [0, 0.05) is 32.6 Å². The Morgan fingerprint density at radius 2 is 2.00 bits per heavy atom. The minimum absolute atomic E-state index is 0.115. The molecule has 0 unspecified atom stereocenters. The smallest absolute Gasteiger partial charge is 0.219 e. The van der Waals surface area contributed by atoms with E-state index >= 15 is 0 Å². The first-order chi connectivity index (χ1) is 14.2. The van der Waals surface area contributed by atoms with E-state index in [1.807, 2.05) is 11.9 Å². The van der Waals surface area contributed by atoms with Crippen LogP contribution in [0.5, 0.6) is 0 Å². The third-order valence-corrected chi connectivity index (χ3v) is 6.21. The molecule has 4 rings (SSSR count). The number of anilines is 1. The Morgan fingerprint density at radius 3 is 2.76 bits per heavy atom. The zero-order valence-corrected chi connectivity index (χ0v) is 17.5. The lowest BCUT2D eigenvalue weighted by molar-refractivity contribution is -0.129. The molecule has 1 N–H and O–H groups in total. The molecule has 6 nitrogen and oxygen atoms in total. The van der Waals surface area contributed by atoms with E-state index < -0.39 is 0 Å². The molecule has 0 aliphatic carbocycles. The standard InChI is InChI=1S/C23H31N5O/c1-17(29)28-15-12-19-20(16-28)25-23(26-22(19)24-2)21-10-6-7-13-27(21)14-11-18-8-4-3-5-9-18/h3-5,8-9,21H,6-7,10-16H2,1-2H3,(H,24,25,26)/t21-/m1/s1. The van der Waals surface area contributed by atoms with Crippen LogP contribution in [0.2, 0.25) is 0 Å². The number of likely N-dealkylation sites (tertiary alicyclic amines) is 1. The van der Waals surface area contributed by atoms with Crippen molar-refractivity contribution in [1.82, 2.24) is 19.8 Å². The van der Waals surface area contributed by atoms with E-state index in [4.69, 9.17) is 9.97 Å². The van der Waals surface area contributed by atoms with Crippen LogP contribution in [-0.4, -0.2) is 52.4 Å². The molecule has 0 bridgehead atoms. The fourth-order valence-corrected chi connectivity index (χ4v) is 4.54. The van der Waals surface area contributed by atoms with E-state index in [0.717, 1.165) is 56.2 Å². The molecule has 1 amide bonds. The lowest BCUT2D eigenvalue weighted by atomic mass is 9.99. The number of piperidine rings is 1. The SMILES string of the molecule is CNc1nc([C@H]2CCCCN2CCc2ccccc2)nc2c1CCN(C(C)=O)C2. The molecule has 0 spiro atoms. The van der Waals surface area contributed by atoms with Crippen LogP contribution < -0.4 is 5.32 Å². The Balaban J connectivity index is 1.58. The number of fused-ring (bicyclic) bond motifs is 1. The molecule has 1 saturated heterocycles. The molecule has 1 fully saturated rings. The van der Waals surface area contributed by atoms with Gasteiger partial charge in [-0.25, -0.2) is 9.97 Å². The monoisotopic (exact) mass is 393 g/mol. The molecule has 2 aliphatic heterocycles. The van der Waals surface area contributed by atoms with E-state index in [1.165, 1.54) is 24.0 Å². The van der Waals surface area contributed by atoms with Gasteiger partial charge in [0.2, 0.25) is 5.91 Å². The highest BCUT2D eigenvalue weighted by Gasteiger charge is 2.29. The summed E-state index contributed by atoms with van der Waals surface area (Å²) in [6, 6.07) is 10.9. The molecule has 2 aromatic rings. The highest BCUT2D eigenvalue weighted by molar-refractivity contribution is 5.73. The number of hydrogen-bond acceptors (Lipinski definition) is 5. The van der Waals surface area contributed by atoms with Crippen LogP contribution in [0.4, 0.5) is 5.82 Å². The van der Waals surface area contributed by atoms with E-state index in [1.54, 1.807) is 6.92 Å². The molecule has 0 saturated carbocycles. The van der Waals surface area contributed by atoms with Gasteiger partial charge >= 0.3 is 0 Å². The molecule has 1 atom stereocenters. The maximum absolute atomic E-state index is 11.9. The summed E-state index contributed by atoms with van der Waals surface area (Å²) in [5.74, 6) is 1.96. The Hall–Kier alpha value is -2.47. The fourth-order valence-electron chi connectivity index (χ4n) is 4.54. The normalized spacial score (nSPS) is 19.7. The van der Waals surface area contributed by atoms with Gasteiger partial charge in [0.15, 0.2) is 0 Å². The fraction of sp³-hybridized carbons (Fsp3) is 0.522. The van der Waals surface area contributed by atoms with Crippen molar-refractivity contribution < 1.29 is 4.79 Å². The van der Waals surface area contributed by atoms with E-state index in [2.05, 4.69) is 40.5 Å². The summed E-state index contributed by atoms with van der Waals surface area (Å²) in [4.78, 5) is 26.2. The van der Waals surface area contributed by atoms with Crippen molar-refractivity contribution in [3.8, 4) is 0 Å². The summed E-state index contributed by atoms with van der Waals surface area (Å²) in [6.45, 7) is 5.08. The van der Waals surface area contributed by atoms with Crippen LogP contribution in [0, 0.1) is 0 Å². The molecular formula is C23H31N5O. The number of aromatic nitrogens is 2. The average molecular weight is 394 g/mol. The number of carbonyl (C=O) groups is 1. The first kappa shape index (κ1) is 19.8. The number of carbonyl (C=O) groups excluding carboxylic acids is 1. The number of amides is 1. The lowest BCUT2D eigenvalue weighted by Gasteiger charge is -2.36. The Kier molecular flexibility index (Phi) is 6.09. The third kappa shape index (κ3) is 4.42. The number of benzene rings is 1. The lowest BCUT2D eigenvalue weighted by Crippen LogP contribution is -2.38. The zero-order chi connectivity index (χ0) is 20.2. The van der Waals surface area contributed by atoms with Crippen LogP contribution >= 0.6 is 0 Å². The average Bonchev–Trinajstić information content (AvgIpc) is 2.77. The Morgan fingerprint density at radius 1 is 1.17 bits per heavy atom. The van der Waals surface area contributed by atoms with Gasteiger partial charge in [0.05, 0.1) is 18.3 Å². The molecule has 154 valence electrons. The summed E-state index contributed by atoms with van der Waals surface area (Å²) >= 11 is 0. The second kappa shape index (κ2) is 8.91. The summed E-state index contributed by atoms with van der Waals surface area (Å²) < 4.78 is 0. The van der Waals surface area contributed by atoms with Gasteiger partial charge in [0.25, 0.3) is 0 Å². The minimum Gasteiger partial charge on any atom is -0.373 e. The van der Waals surface area contributed by atoms with Crippen molar-refractivity contribution in [2.75, 3.05) is 32.0 Å². The highest BCUT2D eigenvalue weighted by atomic mass is 16.2. The molecule has 3 heterocycles. The molecule has 2 aliphatic rings. The van der Waals surface area contributed by atoms with E-state index in [-0.39, 0.29) is 11.9 Å². The van der Waals surface area contributed by atoms with Crippen molar-refractivity contribution in [3.05, 3.63) is 53.0 Å². The van der Waals surface area contributed by atoms with Crippen LogP contribution in [-0.2, 0) is 24.2 Å². The van der Waals surface area contributed by atoms with Crippen LogP contribution in [0.15, 0.2) is 30.3 Å². The Bertz CT molecular complexity index is 854. The zero-order valence-electron chi connectivity index (χ0n) is 17.5. The van der Waals surface area contributed by atoms with Gasteiger partial charge in [-0.3, -0.25) is 9.69 Å². The van der Waals surface area contributed by atoms with Crippen molar-refractivity contribution in [2.45, 2.75) is 51.6 Å². The minimum atomic E-state index is 0.115. The molecule has 1 aromatic carbocycles. The first-order valence-electron chi connectivity index (χ1n) is 10.8.